The summed E-state index contributed by atoms with van der Waals surface area (Å²) in [5, 5.41) is 4.03. The lowest BCUT2D eigenvalue weighted by atomic mass is 10.2. The minimum atomic E-state index is -2.56. The van der Waals surface area contributed by atoms with Crippen LogP contribution in [0.2, 0.25) is 0 Å². The molecule has 2 rings (SSSR count). The van der Waals surface area contributed by atoms with Crippen LogP contribution >= 0.6 is 11.8 Å². The lowest BCUT2D eigenvalue weighted by Gasteiger charge is -2.11. The monoisotopic (exact) mass is 331 g/mol. The van der Waals surface area contributed by atoms with E-state index in [9.17, 15) is 13.0 Å². The van der Waals surface area contributed by atoms with Gasteiger partial charge in [0.1, 0.15) is 6.61 Å². The van der Waals surface area contributed by atoms with Crippen LogP contribution in [0.25, 0.3) is 0 Å². The molecule has 0 aliphatic rings. The Balaban J connectivity index is 2.27. The number of hydrogen-bond acceptors (Lipinski definition) is 5. The second-order valence-corrected chi connectivity index (χ2v) is 5.28. The molecular weight excluding hydrogens is 320 g/mol. The van der Waals surface area contributed by atoms with Crippen molar-refractivity contribution in [1.82, 2.24) is 9.78 Å². The van der Waals surface area contributed by atoms with Crippen molar-refractivity contribution in [3.8, 4) is 5.88 Å². The molecule has 0 unspecified atom stereocenters. The van der Waals surface area contributed by atoms with E-state index in [4.69, 9.17) is 4.74 Å². The Kier molecular flexibility index (Phi) is 5.45. The van der Waals surface area contributed by atoms with Gasteiger partial charge in [0.2, 0.25) is 17.3 Å². The fraction of sp³-hybridized carbons (Fsp3) is 0.250. The average molecular weight is 331 g/mol. The van der Waals surface area contributed by atoms with E-state index in [1.807, 2.05) is 0 Å². The Hall–Kier alpha value is -1.74. The van der Waals surface area contributed by atoms with Gasteiger partial charge in [-0.25, -0.2) is 0 Å². The van der Waals surface area contributed by atoms with Crippen molar-refractivity contribution in [3.05, 3.63) is 36.0 Å². The summed E-state index contributed by atoms with van der Waals surface area (Å²) in [6.07, 6.45) is 1.70. The number of alkyl halides is 2. The Bertz CT molecular complexity index is 672. The SMILES string of the molecule is Cn1ccc(OCc2c(N=S=O)cccc2SC(F)F)n1. The van der Waals surface area contributed by atoms with Crippen molar-refractivity contribution in [2.45, 2.75) is 17.3 Å². The number of hydrogen-bond donors (Lipinski definition) is 0. The van der Waals surface area contributed by atoms with E-state index < -0.39 is 5.76 Å². The molecule has 1 aromatic heterocycles. The van der Waals surface area contributed by atoms with E-state index in [0.29, 0.717) is 33.8 Å². The maximum Gasteiger partial charge on any atom is 0.288 e. The van der Waals surface area contributed by atoms with Gasteiger partial charge in [0.25, 0.3) is 5.76 Å². The number of halogens is 2. The zero-order valence-corrected chi connectivity index (χ0v) is 12.5. The van der Waals surface area contributed by atoms with Crippen LogP contribution in [-0.2, 0) is 25.1 Å². The van der Waals surface area contributed by atoms with Crippen molar-refractivity contribution < 1.29 is 17.7 Å². The first-order chi connectivity index (χ1) is 10.1. The third kappa shape index (κ3) is 4.36. The van der Waals surface area contributed by atoms with Crippen LogP contribution in [0.1, 0.15) is 5.56 Å². The summed E-state index contributed by atoms with van der Waals surface area (Å²) < 4.78 is 46.5. The van der Waals surface area contributed by atoms with Crippen molar-refractivity contribution in [2.24, 2.45) is 11.4 Å². The first-order valence-corrected chi connectivity index (χ1v) is 7.37. The van der Waals surface area contributed by atoms with Gasteiger partial charge in [0.05, 0.1) is 5.69 Å². The Morgan fingerprint density at radius 1 is 1.43 bits per heavy atom. The van der Waals surface area contributed by atoms with Crippen LogP contribution in [0, 0.1) is 0 Å². The molecule has 1 aromatic carbocycles. The zero-order valence-electron chi connectivity index (χ0n) is 10.9. The summed E-state index contributed by atoms with van der Waals surface area (Å²) in [4.78, 5) is 0.330. The highest BCUT2D eigenvalue weighted by Gasteiger charge is 2.14. The number of ether oxygens (including phenoxy) is 1. The summed E-state index contributed by atoms with van der Waals surface area (Å²) in [6.45, 7) is 0.00625. The van der Waals surface area contributed by atoms with Gasteiger partial charge >= 0.3 is 0 Å². The molecule has 0 saturated carbocycles. The molecule has 0 atom stereocenters. The molecule has 21 heavy (non-hydrogen) atoms. The fourth-order valence-electron chi connectivity index (χ4n) is 1.65. The maximum absolute atomic E-state index is 12.6. The summed E-state index contributed by atoms with van der Waals surface area (Å²) >= 11 is 0.420. The van der Waals surface area contributed by atoms with Crippen molar-refractivity contribution in [2.75, 3.05) is 0 Å². The highest BCUT2D eigenvalue weighted by Crippen LogP contribution is 2.34. The number of benzene rings is 1. The molecule has 2 aromatic rings. The normalized spacial score (nSPS) is 10.7. The minimum Gasteiger partial charge on any atom is -0.472 e. The maximum atomic E-state index is 12.6. The minimum absolute atomic E-state index is 0.00625. The van der Waals surface area contributed by atoms with Crippen LogP contribution < -0.4 is 4.74 Å². The molecule has 0 spiro atoms. The highest BCUT2D eigenvalue weighted by molar-refractivity contribution is 7.99. The number of rotatable bonds is 6. The van der Waals surface area contributed by atoms with Gasteiger partial charge in [0, 0.05) is 29.8 Å². The van der Waals surface area contributed by atoms with Gasteiger partial charge in [-0.05, 0) is 12.1 Å². The van der Waals surface area contributed by atoms with Crippen LogP contribution in [0.5, 0.6) is 5.88 Å². The van der Waals surface area contributed by atoms with Crippen molar-refractivity contribution in [1.29, 1.82) is 0 Å². The van der Waals surface area contributed by atoms with E-state index >= 15 is 0 Å². The van der Waals surface area contributed by atoms with E-state index in [1.165, 1.54) is 0 Å². The summed E-state index contributed by atoms with van der Waals surface area (Å²) in [5.41, 5.74) is 0.772. The third-order valence-electron chi connectivity index (χ3n) is 2.51. The fourth-order valence-corrected chi connectivity index (χ4v) is 2.55. The van der Waals surface area contributed by atoms with Crippen molar-refractivity contribution >= 4 is 28.9 Å². The van der Waals surface area contributed by atoms with Crippen molar-refractivity contribution in [3.63, 3.8) is 0 Å². The highest BCUT2D eigenvalue weighted by atomic mass is 32.2. The van der Waals surface area contributed by atoms with Gasteiger partial charge in [0.15, 0.2) is 0 Å². The second-order valence-electron chi connectivity index (χ2n) is 3.91. The predicted octanol–water partition coefficient (Wildman–Crippen LogP) is 3.34. The average Bonchev–Trinajstić information content (AvgIpc) is 2.83. The largest absolute Gasteiger partial charge is 0.472 e. The summed E-state index contributed by atoms with van der Waals surface area (Å²) in [6, 6.07) is 6.35. The first-order valence-electron chi connectivity index (χ1n) is 5.79. The Labute approximate surface area is 127 Å². The Morgan fingerprint density at radius 2 is 2.24 bits per heavy atom. The molecule has 1 heterocycles. The van der Waals surface area contributed by atoms with E-state index in [1.54, 1.807) is 42.2 Å². The number of aryl methyl sites for hydroxylation is 1. The predicted molar refractivity (Wildman–Crippen MR) is 76.1 cm³/mol. The zero-order chi connectivity index (χ0) is 15.2. The molecule has 0 N–H and O–H groups in total. The van der Waals surface area contributed by atoms with Gasteiger partial charge in [-0.1, -0.05) is 17.8 Å². The molecule has 0 aliphatic heterocycles. The third-order valence-corrected chi connectivity index (χ3v) is 3.60. The second kappa shape index (κ2) is 7.32. The molecule has 0 saturated heterocycles. The molecule has 0 radical (unpaired) electrons. The number of aromatic nitrogens is 2. The molecule has 0 fully saturated rings. The van der Waals surface area contributed by atoms with Gasteiger partial charge in [-0.15, -0.1) is 5.10 Å². The standard InChI is InChI=1S/C12H11F2N3O2S2/c1-17-6-5-11(15-17)19-7-8-9(16-21-18)3-2-4-10(8)20-12(13)14/h2-6,12H,7H2,1H3. The van der Waals surface area contributed by atoms with Gasteiger partial charge < -0.3 is 4.74 Å². The molecular formula is C12H11F2N3O2S2. The summed E-state index contributed by atoms with van der Waals surface area (Å²) in [7, 11) is 1.74. The molecule has 0 amide bonds. The summed E-state index contributed by atoms with van der Waals surface area (Å²) in [5.74, 6) is -2.19. The molecule has 5 nitrogen and oxygen atoms in total. The lowest BCUT2D eigenvalue weighted by Crippen LogP contribution is -2.00. The van der Waals surface area contributed by atoms with E-state index in [-0.39, 0.29) is 18.1 Å². The van der Waals surface area contributed by atoms with Crippen LogP contribution in [0.15, 0.2) is 39.7 Å². The molecule has 0 bridgehead atoms. The topological polar surface area (TPSA) is 56.5 Å². The van der Waals surface area contributed by atoms with Crippen LogP contribution in [-0.4, -0.2) is 19.7 Å². The quantitative estimate of drug-likeness (QED) is 0.762. The first kappa shape index (κ1) is 15.6. The van der Waals surface area contributed by atoms with Crippen LogP contribution in [0.4, 0.5) is 14.5 Å². The Morgan fingerprint density at radius 3 is 2.86 bits per heavy atom. The smallest absolute Gasteiger partial charge is 0.288 e. The van der Waals surface area contributed by atoms with Gasteiger partial charge in [-0.3, -0.25) is 4.68 Å². The van der Waals surface area contributed by atoms with E-state index in [0.717, 1.165) is 0 Å². The number of nitrogens with zero attached hydrogens (tertiary/aromatic N) is 3. The van der Waals surface area contributed by atoms with Crippen LogP contribution in [0.3, 0.4) is 0 Å². The van der Waals surface area contributed by atoms with Gasteiger partial charge in [-0.2, -0.15) is 17.4 Å². The molecule has 9 heteroatoms. The number of thioether (sulfide) groups is 1. The van der Waals surface area contributed by atoms with E-state index in [2.05, 4.69) is 9.46 Å². The molecule has 112 valence electrons. The lowest BCUT2D eigenvalue weighted by molar-refractivity contribution is 0.251. The molecule has 0 aliphatic carbocycles.